The van der Waals surface area contributed by atoms with Crippen molar-refractivity contribution in [2.45, 2.75) is 38.3 Å². The molecule has 4 aliphatic rings. The molecule has 0 bridgehead atoms. The Labute approximate surface area is 268 Å². The second-order valence-electron chi connectivity index (χ2n) is 12.1. The van der Waals surface area contributed by atoms with Crippen molar-refractivity contribution in [3.63, 3.8) is 0 Å². The van der Waals surface area contributed by atoms with Gasteiger partial charge in [-0.2, -0.15) is 0 Å². The summed E-state index contributed by atoms with van der Waals surface area (Å²) in [6, 6.07) is 12.4. The number of ether oxygens (including phenoxy) is 2. The molecule has 0 aromatic heterocycles. The third kappa shape index (κ3) is 7.98. The maximum absolute atomic E-state index is 15.3. The summed E-state index contributed by atoms with van der Waals surface area (Å²) in [7, 11) is 0. The lowest BCUT2D eigenvalue weighted by Crippen LogP contribution is -2.49. The monoisotopic (exact) mass is 637 g/mol. The minimum Gasteiger partial charge on any atom is -0.442 e. The summed E-state index contributed by atoms with van der Waals surface area (Å²) in [6.45, 7) is 6.74. The lowest BCUT2D eigenvalue weighted by atomic mass is 10.0. The molecule has 4 fully saturated rings. The number of benzene rings is 2. The van der Waals surface area contributed by atoms with Crippen molar-refractivity contribution >= 4 is 46.4 Å². The average Bonchev–Trinajstić information content (AvgIpc) is 3.85. The zero-order valence-corrected chi connectivity index (χ0v) is 26.2. The van der Waals surface area contributed by atoms with E-state index in [2.05, 4.69) is 10.2 Å². The van der Waals surface area contributed by atoms with Gasteiger partial charge in [0.25, 0.3) is 0 Å². The van der Waals surface area contributed by atoms with E-state index in [0.717, 1.165) is 56.2 Å². The van der Waals surface area contributed by atoms with Crippen molar-refractivity contribution in [3.05, 3.63) is 59.4 Å². The molecule has 2 amide bonds. The molecule has 1 atom stereocenters. The van der Waals surface area contributed by atoms with Crippen LogP contribution in [-0.2, 0) is 20.8 Å². The Hall–Kier alpha value is -3.61. The molecule has 10 nitrogen and oxygen atoms in total. The number of piperazine rings is 1. The first-order valence-electron chi connectivity index (χ1n) is 15.8. The molecular formula is C33H40FN5O5S. The van der Waals surface area contributed by atoms with E-state index in [-0.39, 0.29) is 30.6 Å². The molecule has 3 aliphatic heterocycles. The molecule has 3 heterocycles. The molecule has 0 spiro atoms. The predicted octanol–water partition coefficient (Wildman–Crippen LogP) is 3.62. The van der Waals surface area contributed by atoms with Crippen molar-refractivity contribution in [3.8, 4) is 0 Å². The molecular weight excluding hydrogens is 597 g/mol. The molecule has 240 valence electrons. The van der Waals surface area contributed by atoms with Crippen LogP contribution in [0.25, 0.3) is 0 Å². The van der Waals surface area contributed by atoms with Crippen LogP contribution in [0.4, 0.5) is 20.6 Å². The summed E-state index contributed by atoms with van der Waals surface area (Å²) in [5.74, 6) is -0.109. The molecule has 12 heteroatoms. The van der Waals surface area contributed by atoms with Gasteiger partial charge in [-0.3, -0.25) is 19.4 Å². The van der Waals surface area contributed by atoms with Crippen molar-refractivity contribution in [2.75, 3.05) is 75.4 Å². The number of amides is 2. The normalized spacial score (nSPS) is 20.7. The number of anilines is 2. The number of rotatable bonds is 11. The molecule has 1 aliphatic carbocycles. The highest BCUT2D eigenvalue weighted by Crippen LogP contribution is 2.31. The van der Waals surface area contributed by atoms with Gasteiger partial charge in [0.05, 0.1) is 42.7 Å². The number of nitrogens with zero attached hydrogens (tertiary/aromatic N) is 4. The molecule has 2 aromatic rings. The first-order chi connectivity index (χ1) is 21.8. The van der Waals surface area contributed by atoms with Crippen molar-refractivity contribution in [1.29, 1.82) is 0 Å². The zero-order chi connectivity index (χ0) is 31.3. The van der Waals surface area contributed by atoms with E-state index >= 15 is 4.39 Å². The van der Waals surface area contributed by atoms with E-state index in [1.165, 1.54) is 11.0 Å². The molecule has 0 radical (unpaired) electrons. The Kier molecular flexibility index (Phi) is 9.91. The number of ketones is 1. The van der Waals surface area contributed by atoms with Crippen LogP contribution in [0, 0.1) is 11.7 Å². The highest BCUT2D eigenvalue weighted by Gasteiger charge is 2.34. The zero-order valence-electron chi connectivity index (χ0n) is 25.4. The fourth-order valence-electron chi connectivity index (χ4n) is 6.00. The molecule has 1 N–H and O–H groups in total. The van der Waals surface area contributed by atoms with Gasteiger partial charge in [0.1, 0.15) is 11.9 Å². The summed E-state index contributed by atoms with van der Waals surface area (Å²) < 4.78 is 26.1. The van der Waals surface area contributed by atoms with Gasteiger partial charge in [0.2, 0.25) is 5.91 Å². The van der Waals surface area contributed by atoms with Crippen LogP contribution in [0.5, 0.6) is 0 Å². The number of hydrogen-bond acceptors (Lipinski definition) is 8. The Morgan fingerprint density at radius 3 is 2.38 bits per heavy atom. The lowest BCUT2D eigenvalue weighted by molar-refractivity contribution is -0.131. The number of carbonyl (C=O) groups excluding carboxylic acids is 3. The maximum atomic E-state index is 15.3. The number of morpholine rings is 1. The summed E-state index contributed by atoms with van der Waals surface area (Å²) in [4.78, 5) is 46.4. The summed E-state index contributed by atoms with van der Waals surface area (Å²) >= 11 is 5.35. The topological polar surface area (TPSA) is 94.7 Å². The molecule has 2 aromatic carbocycles. The van der Waals surface area contributed by atoms with Crippen LogP contribution in [0.3, 0.4) is 0 Å². The lowest BCUT2D eigenvalue weighted by Gasteiger charge is -2.36. The fraction of sp³-hybridized carbons (Fsp3) is 0.515. The number of carbonyl (C=O) groups is 3. The third-order valence-corrected chi connectivity index (χ3v) is 9.37. The Morgan fingerprint density at radius 2 is 1.69 bits per heavy atom. The SMILES string of the molecule is O=C(CCC(=O)N1CCN(c2ccc(N3C[C@H](CNC(=S)C4CC4)OC3=O)cc2F)CC1)c1ccc(CN2CCOCC2)cc1. The van der Waals surface area contributed by atoms with Gasteiger partial charge in [0, 0.05) is 70.1 Å². The average molecular weight is 638 g/mol. The summed E-state index contributed by atoms with van der Waals surface area (Å²) in [5, 5.41) is 3.19. The maximum Gasteiger partial charge on any atom is 0.414 e. The van der Waals surface area contributed by atoms with Crippen LogP contribution < -0.4 is 15.1 Å². The van der Waals surface area contributed by atoms with Gasteiger partial charge in [0.15, 0.2) is 5.78 Å². The summed E-state index contributed by atoms with van der Waals surface area (Å²) in [6.07, 6.45) is 1.65. The number of thiocarbonyl (C=S) groups is 1. The van der Waals surface area contributed by atoms with E-state index in [9.17, 15) is 14.4 Å². The van der Waals surface area contributed by atoms with E-state index in [1.807, 2.05) is 29.2 Å². The van der Waals surface area contributed by atoms with Crippen LogP contribution in [0.15, 0.2) is 42.5 Å². The third-order valence-electron chi connectivity index (χ3n) is 8.89. The quantitative estimate of drug-likeness (QED) is 0.293. The Balaban J connectivity index is 0.939. The standard InChI is InChI=1S/C33H40FN5O5S/c34-28-19-26(39-22-27(44-33(39)42)20-35-32(45)25-5-6-25)7-8-29(28)37-11-13-38(14-12-37)31(41)10-9-30(40)24-3-1-23(2-4-24)21-36-15-17-43-18-16-36/h1-4,7-8,19,25,27H,5-6,9-18,20-22H2,(H,35,45)/t27-/m0/s1. The van der Waals surface area contributed by atoms with Crippen molar-refractivity contribution in [1.82, 2.24) is 15.1 Å². The van der Waals surface area contributed by atoms with Crippen molar-refractivity contribution in [2.24, 2.45) is 5.92 Å². The van der Waals surface area contributed by atoms with Crippen LogP contribution in [0.2, 0.25) is 0 Å². The number of hydrogen-bond donors (Lipinski definition) is 1. The highest BCUT2D eigenvalue weighted by atomic mass is 32.1. The minimum atomic E-state index is -0.502. The summed E-state index contributed by atoms with van der Waals surface area (Å²) in [5.41, 5.74) is 2.64. The van der Waals surface area contributed by atoms with Gasteiger partial charge < -0.3 is 24.6 Å². The molecule has 1 saturated carbocycles. The van der Waals surface area contributed by atoms with Gasteiger partial charge in [-0.15, -0.1) is 0 Å². The number of Topliss-reactive ketones (excluding diaryl/α,β-unsaturated/α-hetero) is 1. The molecule has 6 rings (SSSR count). The second kappa shape index (κ2) is 14.2. The Bertz CT molecular complexity index is 1410. The first kappa shape index (κ1) is 31.4. The smallest absolute Gasteiger partial charge is 0.414 e. The van der Waals surface area contributed by atoms with Gasteiger partial charge in [-0.05, 0) is 36.6 Å². The number of halogens is 1. The molecule has 45 heavy (non-hydrogen) atoms. The van der Waals surface area contributed by atoms with E-state index in [0.29, 0.717) is 62.1 Å². The van der Waals surface area contributed by atoms with E-state index < -0.39 is 11.9 Å². The number of cyclic esters (lactones) is 1. The van der Waals surface area contributed by atoms with Crippen LogP contribution >= 0.6 is 12.2 Å². The Morgan fingerprint density at radius 1 is 0.956 bits per heavy atom. The number of nitrogens with one attached hydrogen (secondary N) is 1. The van der Waals surface area contributed by atoms with Gasteiger partial charge >= 0.3 is 6.09 Å². The molecule has 0 unspecified atom stereocenters. The fourth-order valence-corrected chi connectivity index (χ4v) is 6.32. The second-order valence-corrected chi connectivity index (χ2v) is 12.6. The van der Waals surface area contributed by atoms with Crippen LogP contribution in [0.1, 0.15) is 41.6 Å². The van der Waals surface area contributed by atoms with E-state index in [1.54, 1.807) is 17.0 Å². The largest absolute Gasteiger partial charge is 0.442 e. The highest BCUT2D eigenvalue weighted by molar-refractivity contribution is 7.80. The molecule has 3 saturated heterocycles. The van der Waals surface area contributed by atoms with Crippen molar-refractivity contribution < 1.29 is 28.2 Å². The van der Waals surface area contributed by atoms with Crippen LogP contribution in [-0.4, -0.2) is 104 Å². The van der Waals surface area contributed by atoms with Gasteiger partial charge in [-0.25, -0.2) is 9.18 Å². The first-order valence-corrected chi connectivity index (χ1v) is 16.3. The predicted molar refractivity (Wildman–Crippen MR) is 172 cm³/mol. The van der Waals surface area contributed by atoms with Gasteiger partial charge in [-0.1, -0.05) is 36.5 Å². The van der Waals surface area contributed by atoms with E-state index in [4.69, 9.17) is 21.7 Å². The minimum absolute atomic E-state index is 0.0479.